The predicted octanol–water partition coefficient (Wildman–Crippen LogP) is 16.0. The number of hydrogen-bond donors (Lipinski definition) is 0. The van der Waals surface area contributed by atoms with Crippen LogP contribution in [0.15, 0.2) is 186 Å². The van der Waals surface area contributed by atoms with Crippen LogP contribution in [0, 0.1) is 0 Å². The Bertz CT molecular complexity index is 3640. The Morgan fingerprint density at radius 3 is 1.56 bits per heavy atom. The molecule has 1 aromatic heterocycles. The SMILES string of the molecule is CC(C)(C)c1ccc2c(c1)B1c3cc(C(C)(C)C)ccc3N(c3cccc4c(-c5ccccc5)cccc34)c3cc(C(C)(C)C)cc(c31)N2c1ccc(-c2cccc3c2oc2ccccc23)cc1. The molecule has 0 amide bonds. The minimum absolute atomic E-state index is 0.00376. The Labute approximate surface area is 401 Å². The first-order chi connectivity index (χ1) is 32.6. The van der Waals surface area contributed by atoms with Gasteiger partial charge in [-0.3, -0.25) is 0 Å². The van der Waals surface area contributed by atoms with Crippen molar-refractivity contribution in [3.63, 3.8) is 0 Å². The van der Waals surface area contributed by atoms with Crippen molar-refractivity contribution in [2.75, 3.05) is 9.80 Å². The van der Waals surface area contributed by atoms with E-state index in [1.807, 2.05) is 6.07 Å². The van der Waals surface area contributed by atoms with E-state index in [1.54, 1.807) is 0 Å². The van der Waals surface area contributed by atoms with E-state index in [1.165, 1.54) is 83.4 Å². The number of nitrogens with zero attached hydrogens (tertiary/aromatic N) is 2. The first-order valence-electron chi connectivity index (χ1n) is 24.3. The zero-order valence-electron chi connectivity index (χ0n) is 40.7. The van der Waals surface area contributed by atoms with E-state index in [9.17, 15) is 0 Å². The van der Waals surface area contributed by atoms with Gasteiger partial charge in [0.2, 0.25) is 0 Å². The van der Waals surface area contributed by atoms with Gasteiger partial charge >= 0.3 is 0 Å². The Kier molecular flexibility index (Phi) is 9.35. The summed E-state index contributed by atoms with van der Waals surface area (Å²) in [6.45, 7) is 21.1. The second-order valence-electron chi connectivity index (χ2n) is 22.2. The molecule has 0 saturated heterocycles. The summed E-state index contributed by atoms with van der Waals surface area (Å²) < 4.78 is 6.55. The van der Waals surface area contributed by atoms with Crippen LogP contribution in [0.2, 0.25) is 0 Å². The minimum atomic E-state index is -0.139. The Balaban J connectivity index is 1.14. The van der Waals surface area contributed by atoms with Crippen molar-refractivity contribution in [3.8, 4) is 22.3 Å². The topological polar surface area (TPSA) is 19.6 Å². The summed E-state index contributed by atoms with van der Waals surface area (Å²) in [4.78, 5) is 5.17. The van der Waals surface area contributed by atoms with Gasteiger partial charge in [-0.15, -0.1) is 0 Å². The monoisotopic (exact) mass is 880 g/mol. The molecular weight excluding hydrogens is 824 g/mol. The van der Waals surface area contributed by atoms with Gasteiger partial charge in [-0.25, -0.2) is 0 Å². The summed E-state index contributed by atoms with van der Waals surface area (Å²) in [5.41, 5.74) is 21.5. The highest BCUT2D eigenvalue weighted by molar-refractivity contribution is 7.00. The zero-order chi connectivity index (χ0) is 46.9. The lowest BCUT2D eigenvalue weighted by atomic mass is 9.33. The lowest BCUT2D eigenvalue weighted by Crippen LogP contribution is -2.61. The van der Waals surface area contributed by atoms with Gasteiger partial charge in [0.25, 0.3) is 6.71 Å². The summed E-state index contributed by atoms with van der Waals surface area (Å²) in [7, 11) is 0. The third kappa shape index (κ3) is 6.63. The van der Waals surface area contributed by atoms with Gasteiger partial charge < -0.3 is 14.2 Å². The molecule has 0 saturated carbocycles. The number of furan rings is 1. The number of benzene rings is 9. The van der Waals surface area contributed by atoms with Gasteiger partial charge in [0, 0.05) is 50.2 Å². The highest BCUT2D eigenvalue weighted by atomic mass is 16.3. The van der Waals surface area contributed by atoms with Crippen molar-refractivity contribution in [2.24, 2.45) is 0 Å². The van der Waals surface area contributed by atoms with Crippen LogP contribution in [0.3, 0.4) is 0 Å². The van der Waals surface area contributed by atoms with Crippen molar-refractivity contribution >= 4 is 89.9 Å². The van der Waals surface area contributed by atoms with Crippen molar-refractivity contribution in [1.29, 1.82) is 0 Å². The molecule has 4 heteroatoms. The molecule has 3 nitrogen and oxygen atoms in total. The molecule has 0 atom stereocenters. The van der Waals surface area contributed by atoms with Crippen molar-refractivity contribution in [2.45, 2.75) is 78.6 Å². The van der Waals surface area contributed by atoms with Crippen LogP contribution in [0.1, 0.15) is 79.0 Å². The molecule has 2 aliphatic heterocycles. The molecule has 0 N–H and O–H groups in total. The largest absolute Gasteiger partial charge is 0.455 e. The molecule has 332 valence electrons. The number of rotatable bonds is 4. The van der Waals surface area contributed by atoms with E-state index in [-0.39, 0.29) is 23.0 Å². The maximum absolute atomic E-state index is 6.55. The van der Waals surface area contributed by atoms with Crippen LogP contribution >= 0.6 is 0 Å². The van der Waals surface area contributed by atoms with Crippen LogP contribution in [0.25, 0.3) is 55.0 Å². The molecular formula is C64H57BN2O. The van der Waals surface area contributed by atoms with E-state index in [4.69, 9.17) is 4.42 Å². The summed E-state index contributed by atoms with van der Waals surface area (Å²) in [6, 6.07) is 68.2. The Morgan fingerprint density at radius 2 is 0.897 bits per heavy atom. The molecule has 0 fully saturated rings. The molecule has 0 spiro atoms. The maximum Gasteiger partial charge on any atom is 0.252 e. The van der Waals surface area contributed by atoms with Crippen LogP contribution < -0.4 is 26.2 Å². The van der Waals surface area contributed by atoms with Crippen LogP contribution in [0.4, 0.5) is 34.1 Å². The van der Waals surface area contributed by atoms with Crippen LogP contribution in [-0.4, -0.2) is 6.71 Å². The fourth-order valence-electron chi connectivity index (χ4n) is 11.0. The van der Waals surface area contributed by atoms with Crippen LogP contribution in [0.5, 0.6) is 0 Å². The van der Waals surface area contributed by atoms with Gasteiger partial charge in [-0.05, 0) is 120 Å². The summed E-state index contributed by atoms with van der Waals surface area (Å²) in [5, 5.41) is 4.75. The molecule has 0 unspecified atom stereocenters. The number of fused-ring (bicyclic) bond motifs is 8. The number of para-hydroxylation sites is 2. The third-order valence-corrected chi connectivity index (χ3v) is 14.7. The molecule has 10 aromatic rings. The molecule has 3 heterocycles. The number of hydrogen-bond acceptors (Lipinski definition) is 3. The summed E-state index contributed by atoms with van der Waals surface area (Å²) in [6.07, 6.45) is 0. The van der Waals surface area contributed by atoms with Crippen molar-refractivity contribution < 1.29 is 4.42 Å². The molecule has 2 aliphatic rings. The van der Waals surface area contributed by atoms with E-state index < -0.39 is 0 Å². The van der Waals surface area contributed by atoms with Crippen LogP contribution in [-0.2, 0) is 16.2 Å². The smallest absolute Gasteiger partial charge is 0.252 e. The second-order valence-corrected chi connectivity index (χ2v) is 22.2. The van der Waals surface area contributed by atoms with E-state index in [2.05, 4.69) is 248 Å². The van der Waals surface area contributed by atoms with E-state index in [0.717, 1.165) is 38.8 Å². The van der Waals surface area contributed by atoms with Gasteiger partial charge in [-0.1, -0.05) is 196 Å². The minimum Gasteiger partial charge on any atom is -0.455 e. The quantitative estimate of drug-likeness (QED) is 0.164. The van der Waals surface area contributed by atoms with Crippen molar-refractivity contribution in [1.82, 2.24) is 0 Å². The van der Waals surface area contributed by atoms with Gasteiger partial charge in [0.1, 0.15) is 11.2 Å². The van der Waals surface area contributed by atoms with E-state index >= 15 is 0 Å². The fourth-order valence-corrected chi connectivity index (χ4v) is 11.0. The fraction of sp³-hybridized carbons (Fsp3) is 0.188. The van der Waals surface area contributed by atoms with Gasteiger partial charge in [-0.2, -0.15) is 0 Å². The first-order valence-corrected chi connectivity index (χ1v) is 24.3. The average Bonchev–Trinajstić information content (AvgIpc) is 3.72. The maximum atomic E-state index is 6.55. The first kappa shape index (κ1) is 42.1. The normalized spacial score (nSPS) is 13.6. The molecule has 0 aliphatic carbocycles. The summed E-state index contributed by atoms with van der Waals surface area (Å²) >= 11 is 0. The third-order valence-electron chi connectivity index (χ3n) is 14.7. The molecule has 0 radical (unpaired) electrons. The molecule has 12 rings (SSSR count). The van der Waals surface area contributed by atoms with Gasteiger partial charge in [0.15, 0.2) is 0 Å². The average molecular weight is 881 g/mol. The lowest BCUT2D eigenvalue weighted by Gasteiger charge is -2.46. The predicted molar refractivity (Wildman–Crippen MR) is 292 cm³/mol. The highest BCUT2D eigenvalue weighted by Gasteiger charge is 2.45. The molecule has 0 bridgehead atoms. The second kappa shape index (κ2) is 15.1. The highest BCUT2D eigenvalue weighted by Crippen LogP contribution is 2.49. The standard InChI is InChI=1S/C64H57BN2O/c1-62(2,3)42-30-34-55-52(36-42)65-53-37-43(63(4,5)6)31-35-56(53)67(54-26-17-23-48-46(21-15-24-49(48)54)40-18-11-10-12-19-40)58-39-44(64(7,8)9)38-57(60(58)65)66(55)45-32-28-41(29-33-45)47-22-16-25-51-50-20-13-14-27-59(50)68-61(47)51/h10-39H,1-9H3. The zero-order valence-corrected chi connectivity index (χ0v) is 40.7. The summed E-state index contributed by atoms with van der Waals surface area (Å²) in [5.74, 6) is 0. The number of anilines is 6. The van der Waals surface area contributed by atoms with Gasteiger partial charge in [0.05, 0.1) is 5.69 Å². The Morgan fingerprint density at radius 1 is 0.368 bits per heavy atom. The molecule has 9 aromatic carbocycles. The van der Waals surface area contributed by atoms with Crippen molar-refractivity contribution in [3.05, 3.63) is 199 Å². The molecule has 68 heavy (non-hydrogen) atoms. The van der Waals surface area contributed by atoms with E-state index in [0.29, 0.717) is 0 Å². The lowest BCUT2D eigenvalue weighted by molar-refractivity contribution is 0.590. The Hall–Kier alpha value is -7.30.